The Labute approximate surface area is 113 Å². The SMILES string of the molecule is CC(C)COCCNS(=O)(=O)c1cccnc1Cl. The summed E-state index contributed by atoms with van der Waals surface area (Å²) in [6.45, 7) is 5.20. The summed E-state index contributed by atoms with van der Waals surface area (Å²) in [6, 6.07) is 2.93. The maximum atomic E-state index is 11.9. The minimum absolute atomic E-state index is 0.0180. The molecule has 0 aliphatic carbocycles. The second-order valence-electron chi connectivity index (χ2n) is 4.16. The van der Waals surface area contributed by atoms with Gasteiger partial charge < -0.3 is 4.74 Å². The number of nitrogens with one attached hydrogen (secondary N) is 1. The molecule has 0 bridgehead atoms. The number of rotatable bonds is 7. The molecule has 0 saturated carbocycles. The van der Waals surface area contributed by atoms with Crippen molar-refractivity contribution in [2.75, 3.05) is 19.8 Å². The number of sulfonamides is 1. The predicted molar refractivity (Wildman–Crippen MR) is 70.1 cm³/mol. The molecule has 7 heteroatoms. The first-order valence-electron chi connectivity index (χ1n) is 5.61. The van der Waals surface area contributed by atoms with E-state index in [-0.39, 0.29) is 16.6 Å². The van der Waals surface area contributed by atoms with Crippen LogP contribution in [0.5, 0.6) is 0 Å². The van der Waals surface area contributed by atoms with E-state index in [1.165, 1.54) is 18.3 Å². The van der Waals surface area contributed by atoms with E-state index in [9.17, 15) is 8.42 Å². The summed E-state index contributed by atoms with van der Waals surface area (Å²) in [5.74, 6) is 0.425. The molecule has 1 rings (SSSR count). The molecule has 5 nitrogen and oxygen atoms in total. The average molecular weight is 293 g/mol. The molecule has 1 N–H and O–H groups in total. The second-order valence-corrected chi connectivity index (χ2v) is 6.25. The van der Waals surface area contributed by atoms with E-state index >= 15 is 0 Å². The summed E-state index contributed by atoms with van der Waals surface area (Å²) < 4.78 is 31.4. The molecule has 1 aromatic rings. The van der Waals surface area contributed by atoms with Crippen LogP contribution in [0.1, 0.15) is 13.8 Å². The topological polar surface area (TPSA) is 68.3 Å². The van der Waals surface area contributed by atoms with Crippen molar-refractivity contribution in [1.29, 1.82) is 0 Å². The molecule has 1 heterocycles. The average Bonchev–Trinajstić information content (AvgIpc) is 2.28. The Balaban J connectivity index is 2.49. The zero-order valence-electron chi connectivity index (χ0n) is 10.4. The summed E-state index contributed by atoms with van der Waals surface area (Å²) in [5.41, 5.74) is 0. The zero-order valence-corrected chi connectivity index (χ0v) is 12.0. The van der Waals surface area contributed by atoms with Crippen LogP contribution in [-0.2, 0) is 14.8 Å². The maximum Gasteiger partial charge on any atom is 0.243 e. The van der Waals surface area contributed by atoms with Crippen LogP contribution >= 0.6 is 11.6 Å². The van der Waals surface area contributed by atoms with Crippen LogP contribution in [0.4, 0.5) is 0 Å². The second kappa shape index (κ2) is 7.04. The van der Waals surface area contributed by atoms with Gasteiger partial charge in [0.15, 0.2) is 0 Å². The highest BCUT2D eigenvalue weighted by molar-refractivity contribution is 7.89. The van der Waals surface area contributed by atoms with Crippen molar-refractivity contribution in [3.05, 3.63) is 23.5 Å². The molecule has 0 fully saturated rings. The highest BCUT2D eigenvalue weighted by Gasteiger charge is 2.17. The number of ether oxygens (including phenoxy) is 1. The van der Waals surface area contributed by atoms with Crippen molar-refractivity contribution in [3.63, 3.8) is 0 Å². The first-order chi connectivity index (χ1) is 8.43. The van der Waals surface area contributed by atoms with Gasteiger partial charge in [0.1, 0.15) is 10.0 Å². The van der Waals surface area contributed by atoms with Crippen LogP contribution in [0.3, 0.4) is 0 Å². The van der Waals surface area contributed by atoms with Crippen LogP contribution < -0.4 is 4.72 Å². The maximum absolute atomic E-state index is 11.9. The third-order valence-corrected chi connectivity index (χ3v) is 3.91. The highest BCUT2D eigenvalue weighted by atomic mass is 35.5. The lowest BCUT2D eigenvalue weighted by Crippen LogP contribution is -2.28. The van der Waals surface area contributed by atoms with E-state index in [1.807, 2.05) is 13.8 Å². The number of aromatic nitrogens is 1. The summed E-state index contributed by atoms with van der Waals surface area (Å²) in [5, 5.41) is -0.0342. The fraction of sp³-hybridized carbons (Fsp3) is 0.545. The molecule has 18 heavy (non-hydrogen) atoms. The minimum atomic E-state index is -3.62. The molecule has 0 spiro atoms. The Morgan fingerprint density at radius 1 is 1.50 bits per heavy atom. The van der Waals surface area contributed by atoms with Crippen molar-refractivity contribution >= 4 is 21.6 Å². The van der Waals surface area contributed by atoms with Crippen LogP contribution in [0.2, 0.25) is 5.15 Å². The van der Waals surface area contributed by atoms with Gasteiger partial charge >= 0.3 is 0 Å². The smallest absolute Gasteiger partial charge is 0.243 e. The van der Waals surface area contributed by atoms with Gasteiger partial charge in [-0.3, -0.25) is 0 Å². The first-order valence-corrected chi connectivity index (χ1v) is 7.47. The highest BCUT2D eigenvalue weighted by Crippen LogP contribution is 2.16. The third-order valence-electron chi connectivity index (χ3n) is 2.00. The van der Waals surface area contributed by atoms with Crippen LogP contribution in [0, 0.1) is 5.92 Å². The van der Waals surface area contributed by atoms with Crippen molar-refractivity contribution in [1.82, 2.24) is 9.71 Å². The molecule has 0 aliphatic rings. The molecular weight excluding hydrogens is 276 g/mol. The lowest BCUT2D eigenvalue weighted by Gasteiger charge is -2.09. The van der Waals surface area contributed by atoms with E-state index in [4.69, 9.17) is 16.3 Å². The Bertz CT molecular complexity index is 477. The summed E-state index contributed by atoms with van der Waals surface area (Å²) in [7, 11) is -3.62. The Morgan fingerprint density at radius 2 is 2.22 bits per heavy atom. The van der Waals surface area contributed by atoms with Gasteiger partial charge in [-0.2, -0.15) is 0 Å². The number of nitrogens with zero attached hydrogens (tertiary/aromatic N) is 1. The fourth-order valence-corrected chi connectivity index (χ4v) is 2.68. The van der Waals surface area contributed by atoms with Gasteiger partial charge in [-0.25, -0.2) is 18.1 Å². The number of hydrogen-bond donors (Lipinski definition) is 1. The van der Waals surface area contributed by atoms with E-state index in [1.54, 1.807) is 0 Å². The van der Waals surface area contributed by atoms with Gasteiger partial charge in [0.05, 0.1) is 6.61 Å². The molecule has 1 aromatic heterocycles. The van der Waals surface area contributed by atoms with Crippen molar-refractivity contribution in [3.8, 4) is 0 Å². The lowest BCUT2D eigenvalue weighted by atomic mass is 10.2. The predicted octanol–water partition coefficient (Wildman–Crippen LogP) is 1.69. The first kappa shape index (κ1) is 15.4. The Morgan fingerprint density at radius 3 is 2.83 bits per heavy atom. The van der Waals surface area contributed by atoms with Crippen molar-refractivity contribution < 1.29 is 13.2 Å². The molecule has 0 aromatic carbocycles. The van der Waals surface area contributed by atoms with Crippen LogP contribution in [-0.4, -0.2) is 33.2 Å². The van der Waals surface area contributed by atoms with Crippen LogP contribution in [0.25, 0.3) is 0 Å². The summed E-state index contributed by atoms with van der Waals surface area (Å²) in [4.78, 5) is 3.71. The largest absolute Gasteiger partial charge is 0.380 e. The Hall–Kier alpha value is -0.690. The van der Waals surface area contributed by atoms with Gasteiger partial charge in [-0.05, 0) is 18.1 Å². The van der Waals surface area contributed by atoms with E-state index in [2.05, 4.69) is 9.71 Å². The normalized spacial score (nSPS) is 12.0. The molecule has 0 aliphatic heterocycles. The molecular formula is C11H17ClN2O3S. The molecule has 0 unspecified atom stereocenters. The van der Waals surface area contributed by atoms with Crippen molar-refractivity contribution in [2.45, 2.75) is 18.7 Å². The third kappa shape index (κ3) is 4.89. The van der Waals surface area contributed by atoms with Gasteiger partial charge in [0.25, 0.3) is 0 Å². The van der Waals surface area contributed by atoms with E-state index < -0.39 is 10.0 Å². The number of hydrogen-bond acceptors (Lipinski definition) is 4. The summed E-state index contributed by atoms with van der Waals surface area (Å²) >= 11 is 5.73. The number of pyridine rings is 1. The number of halogens is 1. The summed E-state index contributed by atoms with van der Waals surface area (Å²) in [6.07, 6.45) is 1.44. The minimum Gasteiger partial charge on any atom is -0.380 e. The molecule has 0 atom stereocenters. The quantitative estimate of drug-likeness (QED) is 0.613. The standard InChI is InChI=1S/C11H17ClN2O3S/c1-9(2)8-17-7-6-14-18(15,16)10-4-3-5-13-11(10)12/h3-5,9,14H,6-8H2,1-2H3. The van der Waals surface area contributed by atoms with Gasteiger partial charge in [0, 0.05) is 19.3 Å². The Kier molecular flexibility index (Phi) is 6.01. The van der Waals surface area contributed by atoms with E-state index in [0.717, 1.165) is 0 Å². The zero-order chi connectivity index (χ0) is 13.6. The monoisotopic (exact) mass is 292 g/mol. The van der Waals surface area contributed by atoms with Crippen LogP contribution in [0.15, 0.2) is 23.2 Å². The molecule has 0 saturated heterocycles. The fourth-order valence-electron chi connectivity index (χ4n) is 1.22. The van der Waals surface area contributed by atoms with E-state index in [0.29, 0.717) is 19.1 Å². The lowest BCUT2D eigenvalue weighted by molar-refractivity contribution is 0.114. The molecule has 0 amide bonds. The molecule has 102 valence electrons. The van der Waals surface area contributed by atoms with Gasteiger partial charge in [-0.1, -0.05) is 25.4 Å². The molecule has 0 radical (unpaired) electrons. The van der Waals surface area contributed by atoms with Gasteiger partial charge in [-0.15, -0.1) is 0 Å². The van der Waals surface area contributed by atoms with Crippen molar-refractivity contribution in [2.24, 2.45) is 5.92 Å². The van der Waals surface area contributed by atoms with Gasteiger partial charge in [0.2, 0.25) is 10.0 Å².